The van der Waals surface area contributed by atoms with Gasteiger partial charge in [0.25, 0.3) is 11.3 Å². The van der Waals surface area contributed by atoms with E-state index in [4.69, 9.17) is 9.47 Å². The maximum atomic E-state index is 13.0. The molecule has 0 aliphatic carbocycles. The number of carbonyl (C=O) groups is 2. The fourth-order valence-corrected chi connectivity index (χ4v) is 3.21. The Labute approximate surface area is 262 Å². The standard InChI is InChI=1S/C12H11BrClF3O3.C12H12ClF3O3.BHNS/c1-2-19-10(18)9-5-8(4-3-7(9)6-13)20-12(16,17)11(14)15;1-3-18-10(17)9-6-8(5-4-7(9)2)19-12(15,16)11(13)14;1-2-3/h3-5,11H,2,6H2,1H3;4-6,11H,3H2,1-2H3;3H. The minimum absolute atomic E-state index is 0.0574. The molecule has 0 heterocycles. The molecule has 0 saturated carbocycles. The zero-order valence-electron chi connectivity index (χ0n) is 22.1. The molecular formula is C24H24BBrCl2F6NO6S. The Balaban J connectivity index is 0.000000732. The number of hydrogen-bond acceptors (Lipinski definition) is 8. The summed E-state index contributed by atoms with van der Waals surface area (Å²) in [6.07, 6.45) is -8.37. The summed E-state index contributed by atoms with van der Waals surface area (Å²) in [6.45, 7) is 5.11. The number of rotatable bonds is 11. The van der Waals surface area contributed by atoms with Crippen LogP contribution in [0.4, 0.5) is 26.3 Å². The Morgan fingerprint density at radius 1 is 0.905 bits per heavy atom. The van der Waals surface area contributed by atoms with Gasteiger partial charge in [0.15, 0.2) is 0 Å². The van der Waals surface area contributed by atoms with Crippen molar-refractivity contribution in [3.8, 4) is 11.5 Å². The second-order valence-electron chi connectivity index (χ2n) is 7.41. The Morgan fingerprint density at radius 2 is 1.29 bits per heavy atom. The van der Waals surface area contributed by atoms with E-state index in [1.54, 1.807) is 20.8 Å². The van der Waals surface area contributed by atoms with Crippen molar-refractivity contribution in [3.05, 3.63) is 58.7 Å². The number of ether oxygens (including phenoxy) is 4. The number of nitrogens with zero attached hydrogens (tertiary/aromatic N) is 1. The minimum atomic E-state index is -4.19. The number of esters is 2. The second kappa shape index (κ2) is 19.2. The SMILES string of the molecule is CCOC(=O)c1cc(OC(F)(F)C(F)Cl)ccc1C.CCOC(=O)c1cc(OC(F)(F)C(F)Cl)ccc1CBr.[B]=NS. The molecule has 0 N–H and O–H groups in total. The van der Waals surface area contributed by atoms with E-state index < -0.39 is 35.4 Å². The van der Waals surface area contributed by atoms with Gasteiger partial charge in [-0.3, -0.25) is 0 Å². The molecular weight excluding hydrogens is 706 g/mol. The normalized spacial score (nSPS) is 12.3. The predicted molar refractivity (Wildman–Crippen MR) is 152 cm³/mol. The summed E-state index contributed by atoms with van der Waals surface area (Å²) in [6, 6.07) is 7.27. The first-order valence-electron chi connectivity index (χ1n) is 11.4. The first-order valence-corrected chi connectivity index (χ1v) is 13.8. The Kier molecular flexibility index (Phi) is 18.2. The van der Waals surface area contributed by atoms with Crippen LogP contribution in [0.15, 0.2) is 40.7 Å². The zero-order valence-corrected chi connectivity index (χ0v) is 26.1. The van der Waals surface area contributed by atoms with E-state index in [9.17, 15) is 35.9 Å². The molecule has 233 valence electrons. The van der Waals surface area contributed by atoms with E-state index in [0.717, 1.165) is 12.1 Å². The number of aryl methyl sites for hydroxylation is 1. The molecule has 0 aliphatic heterocycles. The molecule has 2 atom stereocenters. The van der Waals surface area contributed by atoms with Gasteiger partial charge in [-0.15, -0.1) is 0 Å². The monoisotopic (exact) mass is 728 g/mol. The second-order valence-corrected chi connectivity index (χ2v) is 8.97. The van der Waals surface area contributed by atoms with Gasteiger partial charge in [0.1, 0.15) is 11.5 Å². The maximum absolute atomic E-state index is 13.0. The van der Waals surface area contributed by atoms with Crippen molar-refractivity contribution in [1.82, 2.24) is 0 Å². The van der Waals surface area contributed by atoms with Crippen LogP contribution in [0.2, 0.25) is 0 Å². The third-order valence-corrected chi connectivity index (χ3v) is 5.55. The van der Waals surface area contributed by atoms with Crippen LogP contribution in [0.1, 0.15) is 45.7 Å². The van der Waals surface area contributed by atoms with Crippen LogP contribution in [-0.2, 0) is 14.8 Å². The molecule has 18 heteroatoms. The van der Waals surface area contributed by atoms with Crippen molar-refractivity contribution in [2.45, 2.75) is 49.6 Å². The quantitative estimate of drug-likeness (QED) is 0.0828. The Morgan fingerprint density at radius 3 is 1.67 bits per heavy atom. The number of thiol groups is 1. The summed E-state index contributed by atoms with van der Waals surface area (Å²) in [5.74, 6) is -2.11. The summed E-state index contributed by atoms with van der Waals surface area (Å²) in [7, 11) is 4.34. The van der Waals surface area contributed by atoms with Gasteiger partial charge < -0.3 is 18.9 Å². The van der Waals surface area contributed by atoms with Crippen molar-refractivity contribution in [2.75, 3.05) is 13.2 Å². The predicted octanol–water partition coefficient (Wildman–Crippen LogP) is 8.13. The van der Waals surface area contributed by atoms with Gasteiger partial charge in [-0.05, 0) is 56.2 Å². The summed E-state index contributed by atoms with van der Waals surface area (Å²) in [4.78, 5) is 23.2. The molecule has 2 rings (SSSR count). The first-order chi connectivity index (χ1) is 19.5. The van der Waals surface area contributed by atoms with E-state index in [1.165, 1.54) is 24.3 Å². The summed E-state index contributed by atoms with van der Waals surface area (Å²) < 4.78 is 97.5. The van der Waals surface area contributed by atoms with Crippen LogP contribution < -0.4 is 9.47 Å². The number of hydrogen-bond donors (Lipinski definition) is 1. The van der Waals surface area contributed by atoms with Crippen LogP contribution in [0.5, 0.6) is 11.5 Å². The molecule has 0 spiro atoms. The molecule has 42 heavy (non-hydrogen) atoms. The van der Waals surface area contributed by atoms with Crippen LogP contribution >= 0.6 is 51.9 Å². The van der Waals surface area contributed by atoms with Crippen LogP contribution in [0, 0.1) is 6.92 Å². The van der Waals surface area contributed by atoms with Crippen molar-refractivity contribution in [1.29, 1.82) is 0 Å². The van der Waals surface area contributed by atoms with Gasteiger partial charge in [0.05, 0.1) is 24.3 Å². The Bertz CT molecular complexity index is 1190. The van der Waals surface area contributed by atoms with Crippen molar-refractivity contribution < 1.29 is 54.9 Å². The number of alkyl halides is 9. The molecule has 2 aromatic carbocycles. The van der Waals surface area contributed by atoms with Crippen molar-refractivity contribution in [2.24, 2.45) is 4.30 Å². The first kappa shape index (κ1) is 39.8. The fraction of sp³-hybridized carbons (Fsp3) is 0.417. The van der Waals surface area contributed by atoms with E-state index in [1.807, 2.05) is 0 Å². The summed E-state index contributed by atoms with van der Waals surface area (Å²) in [5, 5.41) is 0.319. The summed E-state index contributed by atoms with van der Waals surface area (Å²) in [5.41, 5.74) is -4.80. The van der Waals surface area contributed by atoms with Gasteiger partial charge in [0.2, 0.25) is 0 Å². The van der Waals surface area contributed by atoms with Crippen LogP contribution in [0.3, 0.4) is 0 Å². The fourth-order valence-electron chi connectivity index (χ4n) is 2.63. The summed E-state index contributed by atoms with van der Waals surface area (Å²) >= 11 is 15.7. The molecule has 0 amide bonds. The molecule has 7 nitrogen and oxygen atoms in total. The number of carbonyl (C=O) groups excluding carboxylic acids is 2. The topological polar surface area (TPSA) is 83.4 Å². The molecule has 0 bridgehead atoms. The van der Waals surface area contributed by atoms with Gasteiger partial charge >= 0.3 is 48.9 Å². The molecule has 1 radical (unpaired) electrons. The molecule has 0 fully saturated rings. The van der Waals surface area contributed by atoms with E-state index in [-0.39, 0.29) is 35.8 Å². The van der Waals surface area contributed by atoms with Crippen LogP contribution in [-0.4, -0.2) is 56.3 Å². The van der Waals surface area contributed by atoms with Gasteiger partial charge in [-0.2, -0.15) is 17.6 Å². The van der Waals surface area contributed by atoms with Crippen LogP contribution in [0.25, 0.3) is 0 Å². The zero-order chi connectivity index (χ0) is 32.7. The number of halogens is 9. The van der Waals surface area contributed by atoms with Crippen molar-refractivity contribution in [3.63, 3.8) is 0 Å². The average Bonchev–Trinajstić information content (AvgIpc) is 2.90. The van der Waals surface area contributed by atoms with Crippen molar-refractivity contribution >= 4 is 71.5 Å². The van der Waals surface area contributed by atoms with E-state index in [2.05, 4.69) is 73.4 Å². The van der Waals surface area contributed by atoms with Gasteiger partial charge in [-0.25, -0.2) is 18.4 Å². The number of benzene rings is 2. The Hall–Kier alpha value is -2.17. The molecule has 0 aliphatic rings. The van der Waals surface area contributed by atoms with E-state index in [0.29, 0.717) is 16.5 Å². The molecule has 2 aromatic rings. The molecule has 0 saturated heterocycles. The molecule has 2 unspecified atom stereocenters. The molecule has 0 aromatic heterocycles. The van der Waals surface area contributed by atoms with Gasteiger partial charge in [-0.1, -0.05) is 51.3 Å². The average molecular weight is 730 g/mol. The van der Waals surface area contributed by atoms with Gasteiger partial charge in [0, 0.05) is 5.33 Å². The third kappa shape index (κ3) is 13.4. The van der Waals surface area contributed by atoms with E-state index >= 15 is 0 Å². The third-order valence-electron chi connectivity index (χ3n) is 4.44.